The number of carbonyl (C=O) groups excluding carboxylic acids is 2. The van der Waals surface area contributed by atoms with Crippen LogP contribution in [0.3, 0.4) is 0 Å². The van der Waals surface area contributed by atoms with E-state index in [0.29, 0.717) is 0 Å². The summed E-state index contributed by atoms with van der Waals surface area (Å²) in [6.45, 7) is 0. The average molecular weight is 328 g/mol. The molecule has 2 aromatic rings. The summed E-state index contributed by atoms with van der Waals surface area (Å²) in [5, 5.41) is 40.4. The van der Waals surface area contributed by atoms with Gasteiger partial charge < -0.3 is 30.0 Å². The van der Waals surface area contributed by atoms with E-state index in [-0.39, 0.29) is 22.3 Å². The molecule has 0 saturated carbocycles. The molecule has 0 spiro atoms. The smallest absolute Gasteiger partial charge is 0.336 e. The molecule has 2 N–H and O–H groups in total. The Balaban J connectivity index is 2.86. The van der Waals surface area contributed by atoms with Crippen molar-refractivity contribution in [1.29, 1.82) is 0 Å². The second kappa shape index (κ2) is 6.21. The van der Waals surface area contributed by atoms with Crippen LogP contribution < -0.4 is 10.2 Å². The van der Waals surface area contributed by atoms with Crippen LogP contribution in [0.4, 0.5) is 0 Å². The highest BCUT2D eigenvalue weighted by Gasteiger charge is 2.19. The van der Waals surface area contributed by atoms with Crippen molar-refractivity contribution in [3.8, 4) is 11.1 Å². The maximum atomic E-state index is 11.3. The van der Waals surface area contributed by atoms with Crippen molar-refractivity contribution in [1.82, 2.24) is 0 Å². The van der Waals surface area contributed by atoms with Crippen molar-refractivity contribution in [2.45, 2.75) is 0 Å². The fourth-order valence-corrected chi connectivity index (χ4v) is 2.16. The number of hydrogen-bond donors (Lipinski definition) is 2. The summed E-state index contributed by atoms with van der Waals surface area (Å²) in [6, 6.07) is 5.76. The highest BCUT2D eigenvalue weighted by molar-refractivity contribution is 6.04. The molecular weight excluding hydrogens is 320 g/mol. The second-order valence-electron chi connectivity index (χ2n) is 4.71. The van der Waals surface area contributed by atoms with Crippen LogP contribution in [0.15, 0.2) is 36.4 Å². The maximum Gasteiger partial charge on any atom is 0.336 e. The Bertz CT molecular complexity index is 808. The zero-order valence-corrected chi connectivity index (χ0v) is 11.8. The Kier molecular flexibility index (Phi) is 4.32. The molecule has 0 amide bonds. The molecule has 0 fully saturated rings. The fraction of sp³-hybridized carbons (Fsp3) is 0. The van der Waals surface area contributed by atoms with Gasteiger partial charge in [-0.3, -0.25) is 0 Å². The van der Waals surface area contributed by atoms with Gasteiger partial charge in [0.2, 0.25) is 0 Å². The Morgan fingerprint density at radius 3 is 1.25 bits per heavy atom. The largest absolute Gasteiger partial charge is 0.545 e. The summed E-state index contributed by atoms with van der Waals surface area (Å²) in [6.07, 6.45) is 0. The average Bonchev–Trinajstić information content (AvgIpc) is 2.53. The second-order valence-corrected chi connectivity index (χ2v) is 4.71. The molecule has 0 aliphatic rings. The number of benzene rings is 2. The molecule has 0 saturated heterocycles. The van der Waals surface area contributed by atoms with Gasteiger partial charge in [0.25, 0.3) is 0 Å². The minimum Gasteiger partial charge on any atom is -0.545 e. The highest BCUT2D eigenvalue weighted by Crippen LogP contribution is 2.29. The molecule has 0 atom stereocenters. The third-order valence-corrected chi connectivity index (χ3v) is 3.26. The van der Waals surface area contributed by atoms with E-state index in [1.54, 1.807) is 0 Å². The van der Waals surface area contributed by atoms with E-state index in [0.717, 1.165) is 36.4 Å². The summed E-state index contributed by atoms with van der Waals surface area (Å²) < 4.78 is 0. The molecule has 0 unspecified atom stereocenters. The van der Waals surface area contributed by atoms with Crippen LogP contribution in [0.5, 0.6) is 0 Å². The normalized spacial score (nSPS) is 10.2. The molecule has 0 aromatic heterocycles. The van der Waals surface area contributed by atoms with Crippen LogP contribution in [-0.2, 0) is 0 Å². The first kappa shape index (κ1) is 16.7. The molecule has 24 heavy (non-hydrogen) atoms. The van der Waals surface area contributed by atoms with E-state index in [9.17, 15) is 39.6 Å². The molecule has 0 radical (unpaired) electrons. The van der Waals surface area contributed by atoms with Crippen LogP contribution >= 0.6 is 0 Å². The van der Waals surface area contributed by atoms with Crippen molar-refractivity contribution < 1.29 is 39.6 Å². The van der Waals surface area contributed by atoms with Crippen molar-refractivity contribution in [3.05, 3.63) is 58.7 Å². The summed E-state index contributed by atoms with van der Waals surface area (Å²) in [5.41, 5.74) is -2.07. The molecule has 2 rings (SSSR count). The van der Waals surface area contributed by atoms with Gasteiger partial charge in [0.1, 0.15) is 0 Å². The minimum absolute atomic E-state index is 0.260. The molecule has 8 nitrogen and oxygen atoms in total. The number of rotatable bonds is 5. The van der Waals surface area contributed by atoms with Crippen LogP contribution in [0, 0.1) is 0 Å². The predicted octanol–water partition coefficient (Wildman–Crippen LogP) is -0.523. The van der Waals surface area contributed by atoms with Crippen LogP contribution in [0.2, 0.25) is 0 Å². The lowest BCUT2D eigenvalue weighted by Gasteiger charge is -2.14. The molecule has 122 valence electrons. The molecule has 8 heteroatoms. The first-order chi connectivity index (χ1) is 11.2. The number of hydrogen-bond acceptors (Lipinski definition) is 6. The fourth-order valence-electron chi connectivity index (χ4n) is 2.16. The third-order valence-electron chi connectivity index (χ3n) is 3.26. The Morgan fingerprint density at radius 1 is 0.667 bits per heavy atom. The number of carbonyl (C=O) groups is 4. The first-order valence-corrected chi connectivity index (χ1v) is 6.40. The lowest BCUT2D eigenvalue weighted by molar-refractivity contribution is -0.256. The Labute approximate surface area is 134 Å². The lowest BCUT2D eigenvalue weighted by atomic mass is 9.92. The van der Waals surface area contributed by atoms with Gasteiger partial charge in [-0.05, 0) is 46.5 Å². The minimum atomic E-state index is -1.60. The van der Waals surface area contributed by atoms with Crippen molar-refractivity contribution in [2.75, 3.05) is 0 Å². The van der Waals surface area contributed by atoms with E-state index in [1.165, 1.54) is 0 Å². The lowest BCUT2D eigenvalue weighted by Crippen LogP contribution is -2.23. The topological polar surface area (TPSA) is 155 Å². The van der Waals surface area contributed by atoms with Gasteiger partial charge >= 0.3 is 11.9 Å². The summed E-state index contributed by atoms with van der Waals surface area (Å²) in [5.74, 6) is -6.07. The van der Waals surface area contributed by atoms with Gasteiger partial charge in [-0.1, -0.05) is 12.1 Å². The van der Waals surface area contributed by atoms with Crippen LogP contribution in [0.25, 0.3) is 11.1 Å². The standard InChI is InChI=1S/C16H10O8/c17-13(18)7-1-3-9(15(21)22)11(5-7)12-6-8(14(19)20)2-4-10(12)16(23)24/h1-6H,(H,17,18)(H,19,20)(H,21,22)(H,23,24)/p-2. The molecule has 0 aliphatic carbocycles. The number of carboxylic acids is 4. The summed E-state index contributed by atoms with van der Waals surface area (Å²) in [4.78, 5) is 44.6. The van der Waals surface area contributed by atoms with E-state index in [2.05, 4.69) is 0 Å². The van der Waals surface area contributed by atoms with Gasteiger partial charge in [-0.15, -0.1) is 0 Å². The molecule has 0 heterocycles. The zero-order chi connectivity index (χ0) is 18.0. The van der Waals surface area contributed by atoms with Gasteiger partial charge in [-0.2, -0.15) is 0 Å². The van der Waals surface area contributed by atoms with E-state index in [4.69, 9.17) is 0 Å². The zero-order valence-electron chi connectivity index (χ0n) is 11.8. The monoisotopic (exact) mass is 328 g/mol. The quantitative estimate of drug-likeness (QED) is 0.742. The first-order valence-electron chi connectivity index (χ1n) is 6.40. The van der Waals surface area contributed by atoms with Gasteiger partial charge in [0.15, 0.2) is 0 Å². The number of aromatic carboxylic acids is 4. The van der Waals surface area contributed by atoms with Crippen LogP contribution in [-0.4, -0.2) is 34.1 Å². The third kappa shape index (κ3) is 3.07. The Hall–Kier alpha value is -3.68. The number of carboxylic acid groups (broad SMARTS) is 4. The van der Waals surface area contributed by atoms with Gasteiger partial charge in [0.05, 0.1) is 23.1 Å². The predicted molar refractivity (Wildman–Crippen MR) is 74.5 cm³/mol. The van der Waals surface area contributed by atoms with E-state index < -0.39 is 35.0 Å². The van der Waals surface area contributed by atoms with E-state index in [1.807, 2.05) is 0 Å². The molecular formula is C16H8O8-2. The summed E-state index contributed by atoms with van der Waals surface area (Å²) >= 11 is 0. The maximum absolute atomic E-state index is 11.3. The van der Waals surface area contributed by atoms with Crippen LogP contribution in [0.1, 0.15) is 41.4 Å². The van der Waals surface area contributed by atoms with Crippen molar-refractivity contribution in [3.63, 3.8) is 0 Å². The highest BCUT2D eigenvalue weighted by atomic mass is 16.4. The SMILES string of the molecule is O=C([O-])c1ccc(C(=O)O)c(-c2cc(C(=O)[O-])ccc2C(=O)O)c1. The van der Waals surface area contributed by atoms with E-state index >= 15 is 0 Å². The molecule has 0 bridgehead atoms. The van der Waals surface area contributed by atoms with Gasteiger partial charge in [-0.25, -0.2) is 9.59 Å². The van der Waals surface area contributed by atoms with Gasteiger partial charge in [0, 0.05) is 0 Å². The molecule has 0 aliphatic heterocycles. The van der Waals surface area contributed by atoms with Crippen molar-refractivity contribution in [2.24, 2.45) is 0 Å². The summed E-state index contributed by atoms with van der Waals surface area (Å²) in [7, 11) is 0. The Morgan fingerprint density at radius 2 is 1.00 bits per heavy atom. The van der Waals surface area contributed by atoms with Crippen molar-refractivity contribution >= 4 is 23.9 Å². The molecule has 2 aromatic carbocycles.